The summed E-state index contributed by atoms with van der Waals surface area (Å²) in [5, 5.41) is 10.7. The van der Waals surface area contributed by atoms with Crippen molar-refractivity contribution in [1.82, 2.24) is 25.5 Å². The van der Waals surface area contributed by atoms with Crippen molar-refractivity contribution in [2.24, 2.45) is 5.92 Å². The minimum Gasteiger partial charge on any atom is -0.356 e. The van der Waals surface area contributed by atoms with Gasteiger partial charge in [0.05, 0.1) is 22.0 Å². The van der Waals surface area contributed by atoms with Gasteiger partial charge in [0.15, 0.2) is 0 Å². The van der Waals surface area contributed by atoms with Gasteiger partial charge in [-0.25, -0.2) is 9.97 Å². The van der Waals surface area contributed by atoms with Gasteiger partial charge in [-0.3, -0.25) is 9.59 Å². The van der Waals surface area contributed by atoms with E-state index in [1.165, 1.54) is 0 Å². The summed E-state index contributed by atoms with van der Waals surface area (Å²) in [7, 11) is 2.04. The molecule has 0 bridgehead atoms. The van der Waals surface area contributed by atoms with Crippen molar-refractivity contribution in [2.45, 2.75) is 31.7 Å². The lowest BCUT2D eigenvalue weighted by atomic mass is 10.1. The molecular weight excluding hydrogens is 484 g/mol. The number of benzene rings is 1. The number of carbonyl (C=O) groups excluding carboxylic acids is 2. The van der Waals surface area contributed by atoms with Gasteiger partial charge in [-0.05, 0) is 57.5 Å². The number of nitrogens with zero attached hydrogens (tertiary/aromatic N) is 3. The van der Waals surface area contributed by atoms with Gasteiger partial charge in [0, 0.05) is 41.3 Å². The van der Waals surface area contributed by atoms with Gasteiger partial charge in [0.1, 0.15) is 5.69 Å². The summed E-state index contributed by atoms with van der Waals surface area (Å²) < 4.78 is 1.01. The Morgan fingerprint density at radius 3 is 2.86 bits per heavy atom. The molecule has 2 aliphatic rings. The lowest BCUT2D eigenvalue weighted by Gasteiger charge is -2.11. The van der Waals surface area contributed by atoms with Gasteiger partial charge < -0.3 is 20.9 Å². The number of rotatable bonds is 9. The van der Waals surface area contributed by atoms with Crippen LogP contribution in [0.2, 0.25) is 5.02 Å². The molecule has 8 nitrogen and oxygen atoms in total. The number of thiophene rings is 1. The summed E-state index contributed by atoms with van der Waals surface area (Å²) in [4.78, 5) is 36.9. The molecule has 0 spiro atoms. The number of carbonyl (C=O) groups is 2. The molecule has 1 saturated heterocycles. The molecule has 2 fully saturated rings. The van der Waals surface area contributed by atoms with Crippen LogP contribution in [-0.4, -0.2) is 66.0 Å². The first kappa shape index (κ1) is 24.0. The highest BCUT2D eigenvalue weighted by molar-refractivity contribution is 7.22. The van der Waals surface area contributed by atoms with Crippen LogP contribution in [0.4, 0.5) is 5.95 Å². The zero-order valence-electron chi connectivity index (χ0n) is 19.6. The number of aromatic nitrogens is 2. The van der Waals surface area contributed by atoms with Crippen LogP contribution in [-0.2, 0) is 4.79 Å². The second kappa shape index (κ2) is 10.5. The number of amides is 2. The summed E-state index contributed by atoms with van der Waals surface area (Å²) in [5.74, 6) is 0.675. The van der Waals surface area contributed by atoms with E-state index >= 15 is 0 Å². The largest absolute Gasteiger partial charge is 0.356 e. The van der Waals surface area contributed by atoms with E-state index in [0.29, 0.717) is 41.4 Å². The maximum Gasteiger partial charge on any atom is 0.252 e. The molecule has 35 heavy (non-hydrogen) atoms. The summed E-state index contributed by atoms with van der Waals surface area (Å²) in [6, 6.07) is 8.05. The first-order chi connectivity index (χ1) is 17.0. The fourth-order valence-corrected chi connectivity index (χ4v) is 5.63. The molecule has 3 N–H and O–H groups in total. The summed E-state index contributed by atoms with van der Waals surface area (Å²) in [6.07, 6.45) is 5.38. The van der Waals surface area contributed by atoms with Crippen molar-refractivity contribution < 1.29 is 9.59 Å². The predicted octanol–water partition coefficient (Wildman–Crippen LogP) is 3.77. The minimum atomic E-state index is -0.0365. The second-order valence-electron chi connectivity index (χ2n) is 9.29. The SMILES string of the molecule is CN1CC[C@H](C(=O)NCCCNc2ncc(Cl)c(-c3cc4c(C(=O)NC5CC5)cccc4s3)n2)C1. The van der Waals surface area contributed by atoms with Crippen LogP contribution in [0.5, 0.6) is 0 Å². The molecule has 0 unspecified atom stereocenters. The topological polar surface area (TPSA) is 99.3 Å². The third-order valence-corrected chi connectivity index (χ3v) is 7.78. The van der Waals surface area contributed by atoms with E-state index in [2.05, 4.69) is 30.8 Å². The fourth-order valence-electron chi connectivity index (χ4n) is 4.29. The van der Waals surface area contributed by atoms with Gasteiger partial charge in [-0.2, -0.15) is 0 Å². The molecule has 0 radical (unpaired) electrons. The minimum absolute atomic E-state index is 0.0365. The average Bonchev–Trinajstić information content (AvgIpc) is 3.37. The van der Waals surface area contributed by atoms with Crippen molar-refractivity contribution in [3.8, 4) is 10.6 Å². The van der Waals surface area contributed by atoms with E-state index in [1.54, 1.807) is 17.5 Å². The lowest BCUT2D eigenvalue weighted by Crippen LogP contribution is -2.33. The van der Waals surface area contributed by atoms with Crippen LogP contribution >= 0.6 is 22.9 Å². The summed E-state index contributed by atoms with van der Waals surface area (Å²) >= 11 is 8.01. The van der Waals surface area contributed by atoms with E-state index < -0.39 is 0 Å². The molecule has 184 valence electrons. The van der Waals surface area contributed by atoms with E-state index in [-0.39, 0.29) is 17.7 Å². The number of nitrogens with one attached hydrogen (secondary N) is 3. The average molecular weight is 513 g/mol. The quantitative estimate of drug-likeness (QED) is 0.377. The van der Waals surface area contributed by atoms with Crippen molar-refractivity contribution in [1.29, 1.82) is 0 Å². The highest BCUT2D eigenvalue weighted by atomic mass is 35.5. The molecule has 1 aliphatic heterocycles. The van der Waals surface area contributed by atoms with Crippen LogP contribution in [0.15, 0.2) is 30.5 Å². The van der Waals surface area contributed by atoms with Crippen LogP contribution in [0.3, 0.4) is 0 Å². The molecule has 1 saturated carbocycles. The molecule has 10 heteroatoms. The van der Waals surface area contributed by atoms with Crippen molar-refractivity contribution in [2.75, 3.05) is 38.5 Å². The zero-order valence-corrected chi connectivity index (χ0v) is 21.2. The van der Waals surface area contributed by atoms with Gasteiger partial charge in [-0.15, -0.1) is 11.3 Å². The number of fused-ring (bicyclic) bond motifs is 1. The van der Waals surface area contributed by atoms with Crippen LogP contribution < -0.4 is 16.0 Å². The number of anilines is 1. The Hall–Kier alpha value is -2.75. The predicted molar refractivity (Wildman–Crippen MR) is 140 cm³/mol. The molecule has 3 heterocycles. The molecule has 2 amide bonds. The smallest absolute Gasteiger partial charge is 0.252 e. The highest BCUT2D eigenvalue weighted by Crippen LogP contribution is 2.37. The number of hydrogen-bond donors (Lipinski definition) is 3. The van der Waals surface area contributed by atoms with E-state index in [0.717, 1.165) is 53.7 Å². The molecule has 3 aromatic rings. The highest BCUT2D eigenvalue weighted by Gasteiger charge is 2.26. The van der Waals surface area contributed by atoms with Crippen LogP contribution in [0.1, 0.15) is 36.0 Å². The third-order valence-electron chi connectivity index (χ3n) is 6.39. The monoisotopic (exact) mass is 512 g/mol. The molecule has 1 aromatic carbocycles. The molecular formula is C25H29ClN6O2S. The van der Waals surface area contributed by atoms with Crippen molar-refractivity contribution in [3.63, 3.8) is 0 Å². The van der Waals surface area contributed by atoms with E-state index in [4.69, 9.17) is 11.6 Å². The van der Waals surface area contributed by atoms with Crippen LogP contribution in [0.25, 0.3) is 20.7 Å². The van der Waals surface area contributed by atoms with E-state index in [9.17, 15) is 9.59 Å². The summed E-state index contributed by atoms with van der Waals surface area (Å²) in [6.45, 7) is 3.04. The Morgan fingerprint density at radius 1 is 1.23 bits per heavy atom. The van der Waals surface area contributed by atoms with Gasteiger partial charge >= 0.3 is 0 Å². The Balaban J connectivity index is 1.21. The fraction of sp³-hybridized carbons (Fsp3) is 0.440. The van der Waals surface area contributed by atoms with Crippen molar-refractivity contribution in [3.05, 3.63) is 41.0 Å². The molecule has 1 atom stereocenters. The summed E-state index contributed by atoms with van der Waals surface area (Å²) in [5.41, 5.74) is 1.31. The lowest BCUT2D eigenvalue weighted by molar-refractivity contribution is -0.124. The Kier molecular flexibility index (Phi) is 7.17. The van der Waals surface area contributed by atoms with Gasteiger partial charge in [0.2, 0.25) is 11.9 Å². The van der Waals surface area contributed by atoms with E-state index in [1.807, 2.05) is 31.3 Å². The standard InChI is InChI=1S/C25H29ClN6O2S/c1-32-11-8-15(14-32)23(33)27-9-3-10-28-25-29-13-19(26)22(31-25)21-12-18-17(4-2-5-20(18)35-21)24(34)30-16-6-7-16/h2,4-5,12-13,15-16H,3,6-11,14H2,1H3,(H,27,33)(H,30,34)(H,28,29,31)/t15-/m0/s1. The normalized spacial score (nSPS) is 18.1. The molecule has 5 rings (SSSR count). The van der Waals surface area contributed by atoms with Gasteiger partial charge in [-0.1, -0.05) is 17.7 Å². The Morgan fingerprint density at radius 2 is 2.09 bits per heavy atom. The number of likely N-dealkylation sites (tertiary alicyclic amines) is 1. The molecule has 2 aromatic heterocycles. The van der Waals surface area contributed by atoms with Gasteiger partial charge in [0.25, 0.3) is 5.91 Å². The van der Waals surface area contributed by atoms with Crippen molar-refractivity contribution >= 4 is 50.8 Å². The second-order valence-corrected chi connectivity index (χ2v) is 10.8. The third kappa shape index (κ3) is 5.74. The van der Waals surface area contributed by atoms with Crippen LogP contribution in [0, 0.1) is 5.92 Å². The maximum atomic E-state index is 12.7. The number of halogens is 1. The molecule has 1 aliphatic carbocycles. The first-order valence-corrected chi connectivity index (χ1v) is 13.2. The maximum absolute atomic E-state index is 12.7. The Bertz CT molecular complexity index is 1240. The Labute approximate surface area is 213 Å². The first-order valence-electron chi connectivity index (χ1n) is 12.0. The number of hydrogen-bond acceptors (Lipinski definition) is 7. The zero-order chi connectivity index (χ0) is 24.4.